The number of nitrogens with zero attached hydrogens (tertiary/aromatic N) is 3. The van der Waals surface area contributed by atoms with E-state index in [0.717, 1.165) is 45.5 Å². The van der Waals surface area contributed by atoms with Crippen LogP contribution in [0.1, 0.15) is 34.7 Å². The van der Waals surface area contributed by atoms with E-state index < -0.39 is 0 Å². The summed E-state index contributed by atoms with van der Waals surface area (Å²) in [5, 5.41) is 4.14. The van der Waals surface area contributed by atoms with Crippen LogP contribution in [-0.4, -0.2) is 36.0 Å². The van der Waals surface area contributed by atoms with Crippen molar-refractivity contribution in [1.82, 2.24) is 14.9 Å². The number of hydrogen-bond donors (Lipinski definition) is 1. The number of nitrogens with one attached hydrogen (secondary N) is 1. The molecule has 1 aliphatic heterocycles. The van der Waals surface area contributed by atoms with Crippen LogP contribution in [-0.2, 0) is 0 Å². The average Bonchev–Trinajstić information content (AvgIpc) is 3.43. The van der Waals surface area contributed by atoms with E-state index in [4.69, 9.17) is 26.4 Å². The van der Waals surface area contributed by atoms with E-state index in [2.05, 4.69) is 51.8 Å². The van der Waals surface area contributed by atoms with Crippen molar-refractivity contribution in [2.45, 2.75) is 25.9 Å². The van der Waals surface area contributed by atoms with Crippen molar-refractivity contribution in [2.24, 2.45) is 0 Å². The lowest BCUT2D eigenvalue weighted by atomic mass is 9.96. The van der Waals surface area contributed by atoms with Crippen LogP contribution >= 0.6 is 12.2 Å². The zero-order chi connectivity index (χ0) is 26.1. The number of ether oxygens (including phenoxy) is 3. The van der Waals surface area contributed by atoms with Crippen LogP contribution in [0.25, 0.3) is 5.69 Å². The molecule has 37 heavy (non-hydrogen) atoms. The molecule has 0 spiro atoms. The number of aryl methyl sites for hydroxylation is 1. The molecule has 1 N–H and O–H groups in total. The Morgan fingerprint density at radius 3 is 2.24 bits per heavy atom. The fourth-order valence-electron chi connectivity index (χ4n) is 5.13. The lowest BCUT2D eigenvalue weighted by molar-refractivity contribution is 0.403. The molecule has 2 aromatic heterocycles. The summed E-state index contributed by atoms with van der Waals surface area (Å²) < 4.78 is 18.9. The smallest absolute Gasteiger partial charge is 0.174 e. The SMILES string of the molecule is COc1ccc(-n2c(C)cc([C@@H]3[C@H](c4ccccn4)NC(=S)N3c3cc(OC)ccc3OC)c2C)cc1. The molecule has 1 saturated heterocycles. The molecule has 1 aliphatic rings. The van der Waals surface area contributed by atoms with Gasteiger partial charge in [-0.3, -0.25) is 4.98 Å². The maximum atomic E-state index is 5.94. The van der Waals surface area contributed by atoms with E-state index in [1.54, 1.807) is 21.3 Å². The lowest BCUT2D eigenvalue weighted by Crippen LogP contribution is -2.30. The van der Waals surface area contributed by atoms with Gasteiger partial charge in [-0.2, -0.15) is 0 Å². The third-order valence-corrected chi connectivity index (χ3v) is 7.18. The van der Waals surface area contributed by atoms with Crippen LogP contribution in [0.3, 0.4) is 0 Å². The zero-order valence-electron chi connectivity index (χ0n) is 21.6. The van der Waals surface area contributed by atoms with Gasteiger partial charge in [0.25, 0.3) is 0 Å². The molecule has 2 aromatic carbocycles. The minimum Gasteiger partial charge on any atom is -0.497 e. The van der Waals surface area contributed by atoms with Crippen molar-refractivity contribution in [3.63, 3.8) is 0 Å². The van der Waals surface area contributed by atoms with E-state index in [1.165, 1.54) is 0 Å². The van der Waals surface area contributed by atoms with E-state index in [9.17, 15) is 0 Å². The monoisotopic (exact) mass is 514 g/mol. The molecular weight excluding hydrogens is 484 g/mol. The number of thiocarbonyl (C=S) groups is 1. The van der Waals surface area contributed by atoms with Gasteiger partial charge in [-0.15, -0.1) is 0 Å². The Morgan fingerprint density at radius 1 is 0.865 bits per heavy atom. The standard InChI is InChI=1S/C29H30N4O3S/c1-18-16-23(19(2)32(18)20-9-11-21(34-3)12-10-20)28-27(24-8-6-7-15-30-24)31-29(37)33(28)25-17-22(35-4)13-14-26(25)36-5/h6-17,27-28H,1-5H3,(H,31,37)/t27-,28+/m0/s1. The summed E-state index contributed by atoms with van der Waals surface area (Å²) in [6.07, 6.45) is 1.81. The molecule has 1 fully saturated rings. The molecule has 7 nitrogen and oxygen atoms in total. The minimum absolute atomic E-state index is 0.172. The van der Waals surface area contributed by atoms with Crippen LogP contribution < -0.4 is 24.4 Å². The van der Waals surface area contributed by atoms with Gasteiger partial charge in [-0.25, -0.2) is 0 Å². The first-order valence-electron chi connectivity index (χ1n) is 12.0. The highest BCUT2D eigenvalue weighted by molar-refractivity contribution is 7.80. The van der Waals surface area contributed by atoms with E-state index in [0.29, 0.717) is 10.9 Å². The van der Waals surface area contributed by atoms with Gasteiger partial charge in [0.05, 0.1) is 44.8 Å². The Morgan fingerprint density at radius 2 is 1.59 bits per heavy atom. The Bertz CT molecular complexity index is 1420. The molecule has 0 aliphatic carbocycles. The fourth-order valence-corrected chi connectivity index (χ4v) is 5.47. The molecule has 8 heteroatoms. The molecule has 0 amide bonds. The fraction of sp³-hybridized carbons (Fsp3) is 0.241. The number of anilines is 1. The van der Waals surface area contributed by atoms with Crippen molar-refractivity contribution in [1.29, 1.82) is 0 Å². The summed E-state index contributed by atoms with van der Waals surface area (Å²) in [4.78, 5) is 6.81. The molecule has 5 rings (SSSR count). The van der Waals surface area contributed by atoms with Gasteiger partial charge < -0.3 is 29.0 Å². The Labute approximate surface area is 222 Å². The molecular formula is C29H30N4O3S. The van der Waals surface area contributed by atoms with E-state index in [-0.39, 0.29) is 12.1 Å². The normalized spacial score (nSPS) is 17.0. The number of methoxy groups -OCH3 is 3. The molecule has 3 heterocycles. The van der Waals surface area contributed by atoms with Gasteiger partial charge >= 0.3 is 0 Å². The van der Waals surface area contributed by atoms with E-state index in [1.807, 2.05) is 54.7 Å². The molecule has 2 atom stereocenters. The Balaban J connectivity index is 1.69. The number of aromatic nitrogens is 2. The molecule has 0 saturated carbocycles. The number of hydrogen-bond acceptors (Lipinski definition) is 5. The highest BCUT2D eigenvalue weighted by Crippen LogP contribution is 2.47. The lowest BCUT2D eigenvalue weighted by Gasteiger charge is -2.29. The Kier molecular flexibility index (Phi) is 6.76. The number of pyridine rings is 1. The van der Waals surface area contributed by atoms with Crippen LogP contribution in [0.5, 0.6) is 17.2 Å². The first kappa shape index (κ1) is 24.6. The molecule has 0 unspecified atom stereocenters. The topological polar surface area (TPSA) is 60.8 Å². The quantitative estimate of drug-likeness (QED) is 0.318. The maximum absolute atomic E-state index is 5.94. The molecule has 0 bridgehead atoms. The second-order valence-electron chi connectivity index (χ2n) is 8.89. The van der Waals surface area contributed by atoms with E-state index >= 15 is 0 Å². The van der Waals surface area contributed by atoms with Gasteiger partial charge in [-0.05, 0) is 86.2 Å². The molecule has 0 radical (unpaired) electrons. The van der Waals surface area contributed by atoms with Gasteiger partial charge in [-0.1, -0.05) is 6.07 Å². The largest absolute Gasteiger partial charge is 0.497 e. The first-order chi connectivity index (χ1) is 18.0. The highest BCUT2D eigenvalue weighted by atomic mass is 32.1. The van der Waals surface area contributed by atoms with Gasteiger partial charge in [0.2, 0.25) is 0 Å². The van der Waals surface area contributed by atoms with Crippen LogP contribution in [0.15, 0.2) is 72.9 Å². The van der Waals surface area contributed by atoms with Crippen LogP contribution in [0, 0.1) is 13.8 Å². The van der Waals surface area contributed by atoms with Crippen molar-refractivity contribution in [3.05, 3.63) is 95.6 Å². The molecule has 190 valence electrons. The average molecular weight is 515 g/mol. The minimum atomic E-state index is -0.179. The third kappa shape index (κ3) is 4.38. The summed E-state index contributed by atoms with van der Waals surface area (Å²) in [6, 6.07) is 21.7. The third-order valence-electron chi connectivity index (χ3n) is 6.86. The molecule has 4 aromatic rings. The van der Waals surface area contributed by atoms with Gasteiger partial charge in [0, 0.05) is 29.3 Å². The second kappa shape index (κ2) is 10.1. The first-order valence-corrected chi connectivity index (χ1v) is 12.4. The van der Waals surface area contributed by atoms with Gasteiger partial charge in [0.1, 0.15) is 17.2 Å². The van der Waals surface area contributed by atoms with Crippen molar-refractivity contribution >= 4 is 23.0 Å². The maximum Gasteiger partial charge on any atom is 0.174 e. The second-order valence-corrected chi connectivity index (χ2v) is 9.28. The summed E-state index contributed by atoms with van der Waals surface area (Å²) in [6.45, 7) is 4.26. The van der Waals surface area contributed by atoms with Crippen LogP contribution in [0.4, 0.5) is 5.69 Å². The zero-order valence-corrected chi connectivity index (χ0v) is 22.4. The summed E-state index contributed by atoms with van der Waals surface area (Å²) >= 11 is 5.94. The van der Waals surface area contributed by atoms with Gasteiger partial charge in [0.15, 0.2) is 5.11 Å². The Hall–Kier alpha value is -4.04. The van der Waals surface area contributed by atoms with Crippen molar-refractivity contribution in [2.75, 3.05) is 26.2 Å². The predicted octanol–water partition coefficient (Wildman–Crippen LogP) is 5.69. The number of benzene rings is 2. The summed E-state index contributed by atoms with van der Waals surface area (Å²) in [7, 11) is 5.00. The number of rotatable bonds is 7. The highest BCUT2D eigenvalue weighted by Gasteiger charge is 2.43. The van der Waals surface area contributed by atoms with Crippen molar-refractivity contribution < 1.29 is 14.2 Å². The predicted molar refractivity (Wildman–Crippen MR) is 149 cm³/mol. The van der Waals surface area contributed by atoms with Crippen molar-refractivity contribution in [3.8, 4) is 22.9 Å². The van der Waals surface area contributed by atoms with Crippen LogP contribution in [0.2, 0.25) is 0 Å². The summed E-state index contributed by atoms with van der Waals surface area (Å²) in [5.74, 6) is 2.26. The summed E-state index contributed by atoms with van der Waals surface area (Å²) in [5.41, 5.74) is 6.18.